The van der Waals surface area contributed by atoms with Crippen molar-refractivity contribution in [3.8, 4) is 11.8 Å². The highest BCUT2D eigenvalue weighted by Crippen LogP contribution is 2.23. The van der Waals surface area contributed by atoms with Crippen molar-refractivity contribution in [3.63, 3.8) is 0 Å². The predicted octanol–water partition coefficient (Wildman–Crippen LogP) is 2.59. The lowest BCUT2D eigenvalue weighted by Gasteiger charge is -2.21. The molecule has 0 amide bonds. The number of hydrogen-bond donors (Lipinski definition) is 1. The minimum absolute atomic E-state index is 0.189. The summed E-state index contributed by atoms with van der Waals surface area (Å²) < 4.78 is 0. The van der Waals surface area contributed by atoms with Crippen molar-refractivity contribution in [1.29, 1.82) is 0 Å². The molecule has 1 aromatic rings. The lowest BCUT2D eigenvalue weighted by atomic mass is 9.89. The number of rotatable bonds is 7. The van der Waals surface area contributed by atoms with E-state index in [4.69, 9.17) is 0 Å². The van der Waals surface area contributed by atoms with Crippen LogP contribution in [0.15, 0.2) is 30.3 Å². The van der Waals surface area contributed by atoms with Gasteiger partial charge in [0, 0.05) is 12.8 Å². The molecule has 0 aliphatic carbocycles. The molecule has 3 heteroatoms. The van der Waals surface area contributed by atoms with E-state index < -0.39 is 5.60 Å². The summed E-state index contributed by atoms with van der Waals surface area (Å²) in [6.45, 7) is 8.45. The van der Waals surface area contributed by atoms with Crippen LogP contribution in [-0.2, 0) is 10.4 Å². The molecule has 0 saturated carbocycles. The van der Waals surface area contributed by atoms with E-state index in [1.807, 2.05) is 18.2 Å². The highest BCUT2D eigenvalue weighted by atomic mass is 16.3. The molecular weight excluding hydrogens is 262 g/mol. The summed E-state index contributed by atoms with van der Waals surface area (Å²) in [4.78, 5) is 14.4. The Labute approximate surface area is 128 Å². The molecule has 0 aliphatic heterocycles. The Balaban J connectivity index is 2.49. The van der Waals surface area contributed by atoms with Gasteiger partial charge in [-0.15, -0.1) is 5.92 Å². The number of Topliss-reactive ketones (excluding diaryl/α,β-unsaturated/α-hetero) is 1. The van der Waals surface area contributed by atoms with Gasteiger partial charge in [0.2, 0.25) is 0 Å². The van der Waals surface area contributed by atoms with Gasteiger partial charge in [-0.2, -0.15) is 0 Å². The summed E-state index contributed by atoms with van der Waals surface area (Å²) in [6.07, 6.45) is 0.760. The van der Waals surface area contributed by atoms with Crippen LogP contribution in [-0.4, -0.2) is 35.4 Å². The van der Waals surface area contributed by atoms with E-state index >= 15 is 0 Å². The van der Waals surface area contributed by atoms with E-state index in [1.165, 1.54) is 0 Å². The third-order valence-corrected chi connectivity index (χ3v) is 3.68. The predicted molar refractivity (Wildman–Crippen MR) is 85.8 cm³/mol. The molecule has 0 fully saturated rings. The molecule has 1 aromatic carbocycles. The molecule has 0 unspecified atom stereocenters. The molecule has 0 aliphatic rings. The van der Waals surface area contributed by atoms with Crippen molar-refractivity contribution in [1.82, 2.24) is 4.90 Å². The summed E-state index contributed by atoms with van der Waals surface area (Å²) in [6, 6.07) is 9.04. The van der Waals surface area contributed by atoms with Gasteiger partial charge in [0.15, 0.2) is 5.78 Å². The highest BCUT2D eigenvalue weighted by Gasteiger charge is 2.30. The average molecular weight is 287 g/mol. The fraction of sp³-hybridized carbons (Fsp3) is 0.500. The smallest absolute Gasteiger partial charge is 0.169 e. The molecule has 1 atom stereocenters. The molecule has 0 saturated heterocycles. The molecule has 0 heterocycles. The van der Waals surface area contributed by atoms with Crippen LogP contribution in [0.4, 0.5) is 0 Å². The minimum Gasteiger partial charge on any atom is -0.378 e. The Morgan fingerprint density at radius 2 is 1.81 bits per heavy atom. The normalized spacial score (nSPS) is 13.4. The molecule has 21 heavy (non-hydrogen) atoms. The van der Waals surface area contributed by atoms with Crippen molar-refractivity contribution >= 4 is 5.78 Å². The fourth-order valence-corrected chi connectivity index (χ4v) is 2.05. The maximum absolute atomic E-state index is 12.1. The summed E-state index contributed by atoms with van der Waals surface area (Å²) in [5, 5.41) is 10.4. The number of hydrogen-bond acceptors (Lipinski definition) is 3. The van der Waals surface area contributed by atoms with Gasteiger partial charge in [-0.1, -0.05) is 50.1 Å². The summed E-state index contributed by atoms with van der Waals surface area (Å²) in [5.74, 6) is 5.90. The molecule has 3 nitrogen and oxygen atoms in total. The SMILES string of the molecule is CCN(CC)CC#CCCC(=O)[C@@](C)(O)c1ccccc1. The van der Waals surface area contributed by atoms with E-state index in [-0.39, 0.29) is 12.2 Å². The van der Waals surface area contributed by atoms with Gasteiger partial charge in [-0.25, -0.2) is 0 Å². The quantitative estimate of drug-likeness (QED) is 0.784. The summed E-state index contributed by atoms with van der Waals surface area (Å²) in [7, 11) is 0. The van der Waals surface area contributed by atoms with Crippen LogP contribution < -0.4 is 0 Å². The average Bonchev–Trinajstić information content (AvgIpc) is 2.51. The molecule has 1 rings (SSSR count). The van der Waals surface area contributed by atoms with Crippen molar-refractivity contribution in [3.05, 3.63) is 35.9 Å². The van der Waals surface area contributed by atoms with E-state index in [0.29, 0.717) is 12.0 Å². The van der Waals surface area contributed by atoms with Crippen LogP contribution in [0.25, 0.3) is 0 Å². The number of carbonyl (C=O) groups excluding carboxylic acids is 1. The first-order valence-electron chi connectivity index (χ1n) is 7.51. The monoisotopic (exact) mass is 287 g/mol. The van der Waals surface area contributed by atoms with Gasteiger partial charge >= 0.3 is 0 Å². The maximum Gasteiger partial charge on any atom is 0.169 e. The second kappa shape index (κ2) is 8.61. The number of ketones is 1. The van der Waals surface area contributed by atoms with Crippen LogP contribution >= 0.6 is 0 Å². The van der Waals surface area contributed by atoms with Crippen molar-refractivity contribution in [2.75, 3.05) is 19.6 Å². The van der Waals surface area contributed by atoms with Crippen LogP contribution in [0.1, 0.15) is 39.2 Å². The zero-order chi connectivity index (χ0) is 15.7. The van der Waals surface area contributed by atoms with Gasteiger partial charge in [0.25, 0.3) is 0 Å². The molecular formula is C18H25NO2. The second-order valence-electron chi connectivity index (χ2n) is 5.18. The Kier molecular flexibility index (Phi) is 7.14. The van der Waals surface area contributed by atoms with Gasteiger partial charge < -0.3 is 5.11 Å². The largest absolute Gasteiger partial charge is 0.378 e. The van der Waals surface area contributed by atoms with Crippen molar-refractivity contribution in [2.45, 2.75) is 39.2 Å². The summed E-state index contributed by atoms with van der Waals surface area (Å²) >= 11 is 0. The molecule has 0 aromatic heterocycles. The summed E-state index contributed by atoms with van der Waals surface area (Å²) in [5.41, 5.74) is -0.798. The topological polar surface area (TPSA) is 40.5 Å². The molecule has 0 bridgehead atoms. The Morgan fingerprint density at radius 1 is 1.19 bits per heavy atom. The Morgan fingerprint density at radius 3 is 2.38 bits per heavy atom. The van der Waals surface area contributed by atoms with Crippen LogP contribution in [0.3, 0.4) is 0 Å². The first-order chi connectivity index (χ1) is 10.0. The van der Waals surface area contributed by atoms with Gasteiger partial charge in [-0.3, -0.25) is 9.69 Å². The third kappa shape index (κ3) is 5.34. The lowest BCUT2D eigenvalue weighted by Crippen LogP contribution is -2.31. The van der Waals surface area contributed by atoms with E-state index in [1.54, 1.807) is 19.1 Å². The fourth-order valence-electron chi connectivity index (χ4n) is 2.05. The standard InChI is InChI=1S/C18H25NO2/c1-4-19(5-2)15-11-7-10-14-17(20)18(3,21)16-12-8-6-9-13-16/h6,8-9,12-13,21H,4-5,10,14-15H2,1-3H3/t18-/m0/s1. The van der Waals surface area contributed by atoms with Crippen LogP contribution in [0, 0.1) is 11.8 Å². The molecule has 0 spiro atoms. The van der Waals surface area contributed by atoms with Crippen LogP contribution in [0.5, 0.6) is 0 Å². The third-order valence-electron chi connectivity index (χ3n) is 3.68. The number of nitrogens with zero attached hydrogens (tertiary/aromatic N) is 1. The Hall–Kier alpha value is -1.63. The number of aliphatic hydroxyl groups is 1. The van der Waals surface area contributed by atoms with E-state index in [2.05, 4.69) is 30.6 Å². The van der Waals surface area contributed by atoms with Gasteiger partial charge in [-0.05, 0) is 25.6 Å². The zero-order valence-electron chi connectivity index (χ0n) is 13.2. The first kappa shape index (κ1) is 17.4. The minimum atomic E-state index is -1.43. The first-order valence-corrected chi connectivity index (χ1v) is 7.51. The van der Waals surface area contributed by atoms with Gasteiger partial charge in [0.05, 0.1) is 6.54 Å². The number of carbonyl (C=O) groups is 1. The molecule has 1 N–H and O–H groups in total. The lowest BCUT2D eigenvalue weighted by molar-refractivity contribution is -0.136. The van der Waals surface area contributed by atoms with Crippen LogP contribution in [0.2, 0.25) is 0 Å². The highest BCUT2D eigenvalue weighted by molar-refractivity contribution is 5.88. The van der Waals surface area contributed by atoms with Crippen molar-refractivity contribution < 1.29 is 9.90 Å². The van der Waals surface area contributed by atoms with Gasteiger partial charge in [0.1, 0.15) is 5.60 Å². The number of benzene rings is 1. The zero-order valence-corrected chi connectivity index (χ0v) is 13.2. The van der Waals surface area contributed by atoms with E-state index in [9.17, 15) is 9.90 Å². The molecule has 114 valence electrons. The molecule has 0 radical (unpaired) electrons. The van der Waals surface area contributed by atoms with Crippen molar-refractivity contribution in [2.24, 2.45) is 0 Å². The maximum atomic E-state index is 12.1. The van der Waals surface area contributed by atoms with E-state index in [0.717, 1.165) is 19.6 Å². The second-order valence-corrected chi connectivity index (χ2v) is 5.18. The Bertz CT molecular complexity index is 493.